The number of hydrogen-bond acceptors (Lipinski definition) is 4. The quantitative estimate of drug-likeness (QED) is 0.886. The Morgan fingerprint density at radius 3 is 2.74 bits per heavy atom. The van der Waals surface area contributed by atoms with Crippen LogP contribution in [-0.4, -0.2) is 29.4 Å². The lowest BCUT2D eigenvalue weighted by Gasteiger charge is -2.14. The number of aromatic nitrogens is 1. The molecule has 2 aromatic rings. The summed E-state index contributed by atoms with van der Waals surface area (Å²) in [4.78, 5) is 0.171. The SMILES string of the molecule is CN(Cc1ccoc1)S(=O)(=O)c1cc(CO)n(C)c1. The maximum atomic E-state index is 12.3. The molecule has 0 atom stereocenters. The van der Waals surface area contributed by atoms with Crippen LogP contribution >= 0.6 is 0 Å². The van der Waals surface area contributed by atoms with Gasteiger partial charge >= 0.3 is 0 Å². The van der Waals surface area contributed by atoms with E-state index in [9.17, 15) is 8.42 Å². The third-order valence-electron chi connectivity index (χ3n) is 2.94. The molecule has 0 bridgehead atoms. The smallest absolute Gasteiger partial charge is 0.244 e. The summed E-state index contributed by atoms with van der Waals surface area (Å²) in [6.45, 7) is 0.0413. The Balaban J connectivity index is 2.25. The Morgan fingerprint density at radius 2 is 2.21 bits per heavy atom. The number of aryl methyl sites for hydroxylation is 1. The standard InChI is InChI=1S/C12H16N2O4S/c1-13-7-12(5-11(13)8-15)19(16,17)14(2)6-10-3-4-18-9-10/h3-5,7,9,15H,6,8H2,1-2H3. The van der Waals surface area contributed by atoms with E-state index in [2.05, 4.69) is 0 Å². The Labute approximate surface area is 111 Å². The van der Waals surface area contributed by atoms with E-state index < -0.39 is 10.0 Å². The van der Waals surface area contributed by atoms with Crippen LogP contribution in [0.2, 0.25) is 0 Å². The summed E-state index contributed by atoms with van der Waals surface area (Å²) in [5.41, 5.74) is 1.33. The first kappa shape index (κ1) is 13.9. The average molecular weight is 284 g/mol. The highest BCUT2D eigenvalue weighted by molar-refractivity contribution is 7.89. The number of nitrogens with zero attached hydrogens (tertiary/aromatic N) is 2. The molecule has 19 heavy (non-hydrogen) atoms. The molecule has 2 heterocycles. The van der Waals surface area contributed by atoms with Crippen molar-refractivity contribution in [2.45, 2.75) is 18.0 Å². The van der Waals surface area contributed by atoms with Crippen LogP contribution in [0.15, 0.2) is 40.2 Å². The molecule has 0 aliphatic carbocycles. The van der Waals surface area contributed by atoms with Crippen molar-refractivity contribution in [2.75, 3.05) is 7.05 Å². The Morgan fingerprint density at radius 1 is 1.47 bits per heavy atom. The first-order chi connectivity index (χ1) is 8.95. The van der Waals surface area contributed by atoms with Gasteiger partial charge in [-0.2, -0.15) is 4.31 Å². The molecule has 6 nitrogen and oxygen atoms in total. The zero-order valence-electron chi connectivity index (χ0n) is 10.8. The fourth-order valence-electron chi connectivity index (χ4n) is 1.78. The van der Waals surface area contributed by atoms with E-state index in [0.717, 1.165) is 5.56 Å². The van der Waals surface area contributed by atoms with Gasteiger partial charge in [-0.1, -0.05) is 0 Å². The molecular weight excluding hydrogens is 268 g/mol. The van der Waals surface area contributed by atoms with Crippen LogP contribution < -0.4 is 0 Å². The molecule has 0 aromatic carbocycles. The van der Waals surface area contributed by atoms with Crippen molar-refractivity contribution in [3.8, 4) is 0 Å². The maximum absolute atomic E-state index is 12.3. The van der Waals surface area contributed by atoms with E-state index in [1.807, 2.05) is 0 Å². The van der Waals surface area contributed by atoms with Crippen LogP contribution in [0, 0.1) is 0 Å². The molecule has 0 spiro atoms. The van der Waals surface area contributed by atoms with Gasteiger partial charge in [-0.25, -0.2) is 8.42 Å². The first-order valence-electron chi connectivity index (χ1n) is 5.68. The predicted octanol–water partition coefficient (Wildman–Crippen LogP) is 0.931. The van der Waals surface area contributed by atoms with Crippen LogP contribution in [0.1, 0.15) is 11.3 Å². The van der Waals surface area contributed by atoms with Gasteiger partial charge in [0.25, 0.3) is 0 Å². The van der Waals surface area contributed by atoms with Gasteiger partial charge in [0.05, 0.1) is 19.1 Å². The van der Waals surface area contributed by atoms with E-state index in [1.165, 1.54) is 36.1 Å². The van der Waals surface area contributed by atoms with Gasteiger partial charge in [0, 0.05) is 38.1 Å². The van der Waals surface area contributed by atoms with Crippen molar-refractivity contribution in [1.82, 2.24) is 8.87 Å². The van der Waals surface area contributed by atoms with Gasteiger partial charge in [-0.15, -0.1) is 0 Å². The van der Waals surface area contributed by atoms with Gasteiger partial charge in [0.15, 0.2) is 0 Å². The van der Waals surface area contributed by atoms with Crippen molar-refractivity contribution in [3.05, 3.63) is 42.1 Å². The zero-order valence-corrected chi connectivity index (χ0v) is 11.6. The van der Waals surface area contributed by atoms with Crippen molar-refractivity contribution >= 4 is 10.0 Å². The molecule has 2 rings (SSSR count). The zero-order chi connectivity index (χ0) is 14.0. The van der Waals surface area contributed by atoms with Crippen LogP contribution in [0.3, 0.4) is 0 Å². The fourth-order valence-corrected chi connectivity index (χ4v) is 3.04. The Bertz CT molecular complexity index is 643. The van der Waals surface area contributed by atoms with Crippen LogP contribution in [0.4, 0.5) is 0 Å². The topological polar surface area (TPSA) is 75.7 Å². The van der Waals surface area contributed by atoms with Crippen molar-refractivity contribution in [2.24, 2.45) is 7.05 Å². The Kier molecular flexibility index (Phi) is 3.79. The summed E-state index contributed by atoms with van der Waals surface area (Å²) in [5, 5.41) is 9.10. The molecular formula is C12H16N2O4S. The summed E-state index contributed by atoms with van der Waals surface area (Å²) in [5.74, 6) is 0. The number of aliphatic hydroxyl groups excluding tert-OH is 1. The van der Waals surface area contributed by atoms with Gasteiger partial charge < -0.3 is 14.1 Å². The van der Waals surface area contributed by atoms with Crippen LogP contribution in [0.5, 0.6) is 0 Å². The molecule has 0 unspecified atom stereocenters. The molecule has 7 heteroatoms. The van der Waals surface area contributed by atoms with E-state index in [1.54, 1.807) is 17.7 Å². The van der Waals surface area contributed by atoms with Crippen LogP contribution in [0.25, 0.3) is 0 Å². The summed E-state index contributed by atoms with van der Waals surface area (Å²) >= 11 is 0. The number of furan rings is 1. The lowest BCUT2D eigenvalue weighted by molar-refractivity contribution is 0.272. The lowest BCUT2D eigenvalue weighted by atomic mass is 10.3. The summed E-state index contributed by atoms with van der Waals surface area (Å²) in [6.07, 6.45) is 4.51. The molecule has 0 amide bonds. The van der Waals surface area contributed by atoms with Gasteiger partial charge in [0.2, 0.25) is 10.0 Å². The highest BCUT2D eigenvalue weighted by atomic mass is 32.2. The number of rotatable bonds is 5. The summed E-state index contributed by atoms with van der Waals surface area (Å²) in [7, 11) is -0.364. The Hall–Kier alpha value is -1.57. The van der Waals surface area contributed by atoms with E-state index in [4.69, 9.17) is 9.52 Å². The average Bonchev–Trinajstić information content (AvgIpc) is 2.98. The minimum Gasteiger partial charge on any atom is -0.472 e. The molecule has 1 N–H and O–H groups in total. The van der Waals surface area contributed by atoms with E-state index in [-0.39, 0.29) is 18.0 Å². The lowest BCUT2D eigenvalue weighted by Crippen LogP contribution is -2.26. The molecule has 0 saturated carbocycles. The molecule has 104 valence electrons. The monoisotopic (exact) mass is 284 g/mol. The molecule has 0 aliphatic rings. The van der Waals surface area contributed by atoms with Crippen molar-refractivity contribution in [1.29, 1.82) is 0 Å². The molecule has 2 aromatic heterocycles. The molecule has 0 radical (unpaired) electrons. The number of sulfonamides is 1. The normalized spacial score (nSPS) is 12.2. The first-order valence-corrected chi connectivity index (χ1v) is 7.12. The van der Waals surface area contributed by atoms with E-state index >= 15 is 0 Å². The second kappa shape index (κ2) is 5.20. The largest absolute Gasteiger partial charge is 0.472 e. The van der Waals surface area contributed by atoms with Crippen molar-refractivity contribution < 1.29 is 17.9 Å². The van der Waals surface area contributed by atoms with Crippen LogP contribution in [-0.2, 0) is 30.2 Å². The summed E-state index contributed by atoms with van der Waals surface area (Å²) < 4.78 is 32.4. The number of hydrogen-bond donors (Lipinski definition) is 1. The fraction of sp³-hybridized carbons (Fsp3) is 0.333. The van der Waals surface area contributed by atoms with Gasteiger partial charge in [-0.3, -0.25) is 0 Å². The van der Waals surface area contributed by atoms with E-state index in [0.29, 0.717) is 5.69 Å². The number of aliphatic hydroxyl groups is 1. The second-order valence-corrected chi connectivity index (χ2v) is 6.37. The highest BCUT2D eigenvalue weighted by Gasteiger charge is 2.23. The second-order valence-electron chi connectivity index (χ2n) is 4.33. The minimum atomic E-state index is -3.57. The molecule has 0 aliphatic heterocycles. The predicted molar refractivity (Wildman–Crippen MR) is 68.7 cm³/mol. The molecule has 0 saturated heterocycles. The minimum absolute atomic E-state index is 0.171. The van der Waals surface area contributed by atoms with Crippen molar-refractivity contribution in [3.63, 3.8) is 0 Å². The summed E-state index contributed by atoms with van der Waals surface area (Å²) in [6, 6.07) is 3.19. The molecule has 0 fully saturated rings. The maximum Gasteiger partial charge on any atom is 0.244 e. The van der Waals surface area contributed by atoms with Gasteiger partial charge in [-0.05, 0) is 12.1 Å². The van der Waals surface area contributed by atoms with Gasteiger partial charge in [0.1, 0.15) is 4.90 Å². The third kappa shape index (κ3) is 2.73. The third-order valence-corrected chi connectivity index (χ3v) is 4.71. The highest BCUT2D eigenvalue weighted by Crippen LogP contribution is 2.19.